The first-order valence-electron chi connectivity index (χ1n) is 3.86. The maximum absolute atomic E-state index is 2.38. The third-order valence-corrected chi connectivity index (χ3v) is 4.94. The fourth-order valence-electron chi connectivity index (χ4n) is 0.983. The van der Waals surface area contributed by atoms with Crippen LogP contribution in [0.3, 0.4) is 0 Å². The number of benzene rings is 1. The Balaban J connectivity index is 2.99. The van der Waals surface area contributed by atoms with E-state index in [1.807, 2.05) is 0 Å². The van der Waals surface area contributed by atoms with Gasteiger partial charge >= 0.3 is 83.3 Å². The molecular formula is C9H14SiSn. The molecule has 0 unspecified atom stereocenters. The summed E-state index contributed by atoms with van der Waals surface area (Å²) in [4.78, 5) is 0. The van der Waals surface area contributed by atoms with E-state index in [9.17, 15) is 0 Å². The molecule has 0 amide bonds. The predicted molar refractivity (Wildman–Crippen MR) is 56.2 cm³/mol. The molecule has 1 aromatic carbocycles. The molecule has 0 aromatic heterocycles. The molecule has 58 valence electrons. The second-order valence-corrected chi connectivity index (χ2v) is 10.9. The summed E-state index contributed by atoms with van der Waals surface area (Å²) >= 11 is 1.24. The molecule has 0 spiro atoms. The first kappa shape index (κ1) is 9.32. The number of hydrogen-bond donors (Lipinski definition) is 0. The van der Waals surface area contributed by atoms with E-state index in [0.717, 1.165) is 0 Å². The third-order valence-electron chi connectivity index (χ3n) is 1.78. The number of hydrogen-bond acceptors (Lipinski definition) is 0. The van der Waals surface area contributed by atoms with Crippen molar-refractivity contribution in [1.82, 2.24) is 0 Å². The molecule has 0 bridgehead atoms. The van der Waals surface area contributed by atoms with E-state index in [1.54, 1.807) is 5.19 Å². The molecule has 0 heterocycles. The van der Waals surface area contributed by atoms with Gasteiger partial charge in [-0.3, -0.25) is 0 Å². The normalized spacial score (nSPS) is 11.6. The summed E-state index contributed by atoms with van der Waals surface area (Å²) in [7, 11) is -1.04. The average molecular weight is 269 g/mol. The number of rotatable bonds is 1. The molecule has 11 heavy (non-hydrogen) atoms. The average Bonchev–Trinajstić information content (AvgIpc) is 1.86. The Morgan fingerprint density at radius 1 is 1.00 bits per heavy atom. The van der Waals surface area contributed by atoms with Gasteiger partial charge in [-0.05, 0) is 0 Å². The predicted octanol–water partition coefficient (Wildman–Crippen LogP) is 0.758. The van der Waals surface area contributed by atoms with Crippen LogP contribution in [0.2, 0.25) is 19.6 Å². The van der Waals surface area contributed by atoms with Crippen molar-refractivity contribution < 1.29 is 0 Å². The molecule has 0 fully saturated rings. The first-order valence-corrected chi connectivity index (χ1v) is 9.01. The van der Waals surface area contributed by atoms with Crippen LogP contribution in [0.15, 0.2) is 24.3 Å². The van der Waals surface area contributed by atoms with Crippen molar-refractivity contribution in [3.63, 3.8) is 0 Å². The van der Waals surface area contributed by atoms with Crippen molar-refractivity contribution >= 4 is 39.4 Å². The molecule has 2 heteroatoms. The van der Waals surface area contributed by atoms with E-state index in [-0.39, 0.29) is 0 Å². The topological polar surface area (TPSA) is 0 Å². The van der Waals surface area contributed by atoms with Gasteiger partial charge in [-0.1, -0.05) is 0 Å². The second kappa shape index (κ2) is 3.31. The maximum atomic E-state index is 2.38. The summed E-state index contributed by atoms with van der Waals surface area (Å²) in [6.07, 6.45) is 0. The van der Waals surface area contributed by atoms with Crippen LogP contribution in [0.5, 0.6) is 0 Å². The van der Waals surface area contributed by atoms with Gasteiger partial charge in [0.25, 0.3) is 0 Å². The van der Waals surface area contributed by atoms with E-state index in [2.05, 4.69) is 43.9 Å². The molecule has 0 atom stereocenters. The summed E-state index contributed by atoms with van der Waals surface area (Å²) < 4.78 is 1.48. The third kappa shape index (κ3) is 2.63. The van der Waals surface area contributed by atoms with Crippen LogP contribution in [0.1, 0.15) is 0 Å². The molecule has 2 radical (unpaired) electrons. The van der Waals surface area contributed by atoms with Gasteiger partial charge in [0.15, 0.2) is 0 Å². The molecule has 0 saturated carbocycles. The van der Waals surface area contributed by atoms with Crippen LogP contribution in [-0.2, 0) is 0 Å². The van der Waals surface area contributed by atoms with Gasteiger partial charge in [-0.2, -0.15) is 0 Å². The Labute approximate surface area is 83.1 Å². The summed E-state index contributed by atoms with van der Waals surface area (Å²) in [6.45, 7) is 7.15. The second-order valence-electron chi connectivity index (χ2n) is 3.87. The zero-order valence-corrected chi connectivity index (χ0v) is 11.7. The van der Waals surface area contributed by atoms with Crippen LogP contribution in [-0.4, -0.2) is 30.6 Å². The van der Waals surface area contributed by atoms with Gasteiger partial charge in [-0.15, -0.1) is 0 Å². The van der Waals surface area contributed by atoms with Crippen LogP contribution in [0, 0.1) is 0 Å². The molecule has 1 rings (SSSR count). The van der Waals surface area contributed by atoms with Gasteiger partial charge in [0, 0.05) is 0 Å². The van der Waals surface area contributed by atoms with E-state index in [4.69, 9.17) is 0 Å². The van der Waals surface area contributed by atoms with E-state index < -0.39 is 8.07 Å². The van der Waals surface area contributed by atoms with Gasteiger partial charge < -0.3 is 0 Å². The zero-order valence-electron chi connectivity index (χ0n) is 7.39. The van der Waals surface area contributed by atoms with Gasteiger partial charge in [0.1, 0.15) is 0 Å². The fraction of sp³-hybridized carbons (Fsp3) is 0.333. The van der Waals surface area contributed by atoms with Gasteiger partial charge in [0.05, 0.1) is 0 Å². The Morgan fingerprint density at radius 3 is 1.82 bits per heavy atom. The summed E-state index contributed by atoms with van der Waals surface area (Å²) in [5.41, 5.74) is 0. The standard InChI is InChI=1S/C9H13Si.Sn.H/c1-10(2,3)9-7-5-4-6-8-9;;/h5-8H,1-3H3;;. The molecule has 0 N–H and O–H groups in total. The Morgan fingerprint density at radius 2 is 1.45 bits per heavy atom. The van der Waals surface area contributed by atoms with Crippen molar-refractivity contribution in [1.29, 1.82) is 0 Å². The summed E-state index contributed by atoms with van der Waals surface area (Å²) in [5, 5.41) is 1.57. The molecule has 0 aliphatic heterocycles. The molecule has 0 nitrogen and oxygen atoms in total. The van der Waals surface area contributed by atoms with Crippen molar-refractivity contribution in [3.8, 4) is 0 Å². The van der Waals surface area contributed by atoms with Gasteiger partial charge in [0.2, 0.25) is 0 Å². The van der Waals surface area contributed by atoms with Crippen molar-refractivity contribution in [3.05, 3.63) is 24.3 Å². The molecule has 0 saturated heterocycles. The van der Waals surface area contributed by atoms with Crippen molar-refractivity contribution in [2.75, 3.05) is 0 Å². The van der Waals surface area contributed by atoms with Crippen molar-refractivity contribution in [2.45, 2.75) is 19.6 Å². The quantitative estimate of drug-likeness (QED) is 0.660. The van der Waals surface area contributed by atoms with E-state index in [1.165, 1.54) is 26.1 Å². The van der Waals surface area contributed by atoms with Crippen LogP contribution >= 0.6 is 0 Å². The van der Waals surface area contributed by atoms with E-state index in [0.29, 0.717) is 0 Å². The zero-order chi connectivity index (χ0) is 8.48. The molecular weight excluding hydrogens is 255 g/mol. The molecule has 0 aliphatic rings. The SMILES string of the molecule is C[Si](C)(C)c1cc[c]([SnH])cc1. The Hall–Kier alpha value is 0.236. The minimum absolute atomic E-state index is 1.04. The first-order chi connectivity index (χ1) is 5.00. The summed E-state index contributed by atoms with van der Waals surface area (Å²) in [6, 6.07) is 9.12. The van der Waals surface area contributed by atoms with Crippen LogP contribution in [0.4, 0.5) is 0 Å². The summed E-state index contributed by atoms with van der Waals surface area (Å²) in [5.74, 6) is 0. The fourth-order valence-corrected chi connectivity index (χ4v) is 2.70. The Kier molecular flexibility index (Phi) is 2.81. The molecule has 0 aliphatic carbocycles. The van der Waals surface area contributed by atoms with E-state index >= 15 is 0 Å². The Bertz CT molecular complexity index is 233. The van der Waals surface area contributed by atoms with Crippen molar-refractivity contribution in [2.24, 2.45) is 0 Å². The van der Waals surface area contributed by atoms with Gasteiger partial charge in [-0.25, -0.2) is 0 Å². The van der Waals surface area contributed by atoms with Crippen LogP contribution in [0.25, 0.3) is 0 Å². The molecule has 1 aromatic rings. The minimum atomic E-state index is -1.04. The monoisotopic (exact) mass is 270 g/mol. The van der Waals surface area contributed by atoms with Crippen LogP contribution < -0.4 is 8.77 Å².